The minimum absolute atomic E-state index is 0.477. The number of nitrogens with zero attached hydrogens (tertiary/aromatic N) is 1. The Morgan fingerprint density at radius 2 is 2.18 bits per heavy atom. The number of aromatic nitrogens is 1. The first-order valence-electron chi connectivity index (χ1n) is 6.05. The minimum Gasteiger partial charge on any atom is -0.387 e. The second kappa shape index (κ2) is 5.75. The van der Waals surface area contributed by atoms with Gasteiger partial charge in [0.2, 0.25) is 0 Å². The van der Waals surface area contributed by atoms with Crippen molar-refractivity contribution in [2.75, 3.05) is 13.1 Å². The number of pyridine rings is 1. The molecule has 2 rings (SSSR count). The van der Waals surface area contributed by atoms with Gasteiger partial charge in [-0.15, -0.1) is 0 Å². The average molecular weight is 230 g/mol. The maximum Gasteiger partial charge on any atom is 0.0920 e. The van der Waals surface area contributed by atoms with Crippen LogP contribution in [0.3, 0.4) is 0 Å². The van der Waals surface area contributed by atoms with Crippen molar-refractivity contribution in [3.63, 3.8) is 0 Å². The van der Waals surface area contributed by atoms with Gasteiger partial charge in [-0.2, -0.15) is 0 Å². The van der Waals surface area contributed by atoms with Gasteiger partial charge in [-0.25, -0.2) is 0 Å². The lowest BCUT2D eigenvalue weighted by Crippen LogP contribution is -2.22. The molecule has 1 atom stereocenters. The Bertz CT molecular complexity index is 479. The molecule has 0 spiro atoms. The van der Waals surface area contributed by atoms with E-state index in [1.54, 1.807) is 6.20 Å². The first-order chi connectivity index (χ1) is 8.33. The number of fused-ring (bicyclic) bond motifs is 1. The van der Waals surface area contributed by atoms with Crippen LogP contribution in [0.1, 0.15) is 25.0 Å². The maximum atomic E-state index is 10.2. The summed E-state index contributed by atoms with van der Waals surface area (Å²) >= 11 is 0. The highest BCUT2D eigenvalue weighted by atomic mass is 16.3. The van der Waals surface area contributed by atoms with Gasteiger partial charge < -0.3 is 10.4 Å². The van der Waals surface area contributed by atoms with E-state index in [2.05, 4.69) is 17.2 Å². The Morgan fingerprint density at radius 1 is 1.29 bits per heavy atom. The lowest BCUT2D eigenvalue weighted by molar-refractivity contribution is 0.176. The smallest absolute Gasteiger partial charge is 0.0920 e. The van der Waals surface area contributed by atoms with Gasteiger partial charge in [0.15, 0.2) is 0 Å². The van der Waals surface area contributed by atoms with E-state index in [9.17, 15) is 5.11 Å². The predicted octanol–water partition coefficient (Wildman–Crippen LogP) is 2.27. The van der Waals surface area contributed by atoms with Gasteiger partial charge in [0.05, 0.1) is 11.6 Å². The van der Waals surface area contributed by atoms with Crippen LogP contribution in [0, 0.1) is 0 Å². The minimum atomic E-state index is -0.477. The first-order valence-corrected chi connectivity index (χ1v) is 6.05. The molecule has 2 N–H and O–H groups in total. The number of hydrogen-bond acceptors (Lipinski definition) is 3. The summed E-state index contributed by atoms with van der Waals surface area (Å²) in [6.07, 6.45) is 2.37. The van der Waals surface area contributed by atoms with Gasteiger partial charge in [0.25, 0.3) is 0 Å². The number of benzene rings is 1. The molecule has 90 valence electrons. The molecule has 0 saturated carbocycles. The predicted molar refractivity (Wildman–Crippen MR) is 69.9 cm³/mol. The monoisotopic (exact) mass is 230 g/mol. The SMILES string of the molecule is CCCNCC(O)c1cccc2ncccc12. The van der Waals surface area contributed by atoms with Crippen LogP contribution in [0.2, 0.25) is 0 Å². The van der Waals surface area contributed by atoms with E-state index in [0.717, 1.165) is 29.4 Å². The lowest BCUT2D eigenvalue weighted by atomic mass is 10.0. The molecule has 0 aliphatic rings. The Labute approximate surface area is 102 Å². The van der Waals surface area contributed by atoms with Gasteiger partial charge in [0.1, 0.15) is 0 Å². The number of nitrogens with one attached hydrogen (secondary N) is 1. The zero-order chi connectivity index (χ0) is 12.1. The molecular weight excluding hydrogens is 212 g/mol. The summed E-state index contributed by atoms with van der Waals surface area (Å²) in [5.74, 6) is 0. The molecule has 1 unspecified atom stereocenters. The van der Waals surface area contributed by atoms with Crippen LogP contribution in [0.25, 0.3) is 10.9 Å². The van der Waals surface area contributed by atoms with Gasteiger partial charge in [-0.05, 0) is 30.7 Å². The fourth-order valence-electron chi connectivity index (χ4n) is 1.94. The van der Waals surface area contributed by atoms with Gasteiger partial charge in [0, 0.05) is 18.1 Å². The van der Waals surface area contributed by atoms with Crippen molar-refractivity contribution in [2.45, 2.75) is 19.4 Å². The second-order valence-corrected chi connectivity index (χ2v) is 4.14. The number of rotatable bonds is 5. The lowest BCUT2D eigenvalue weighted by Gasteiger charge is -2.14. The Hall–Kier alpha value is -1.45. The van der Waals surface area contributed by atoms with Crippen LogP contribution in [0.4, 0.5) is 0 Å². The van der Waals surface area contributed by atoms with E-state index in [0.29, 0.717) is 6.54 Å². The standard InChI is InChI=1S/C14H18N2O/c1-2-8-15-10-14(17)12-5-3-7-13-11(12)6-4-9-16-13/h3-7,9,14-15,17H,2,8,10H2,1H3. The van der Waals surface area contributed by atoms with Gasteiger partial charge in [-0.1, -0.05) is 25.1 Å². The van der Waals surface area contributed by atoms with Gasteiger partial charge in [-0.3, -0.25) is 4.98 Å². The average Bonchev–Trinajstić information content (AvgIpc) is 2.38. The molecule has 2 aromatic rings. The van der Waals surface area contributed by atoms with Crippen molar-refractivity contribution in [3.8, 4) is 0 Å². The summed E-state index contributed by atoms with van der Waals surface area (Å²) in [6, 6.07) is 9.76. The van der Waals surface area contributed by atoms with E-state index >= 15 is 0 Å². The maximum absolute atomic E-state index is 10.2. The normalized spacial score (nSPS) is 12.8. The zero-order valence-electron chi connectivity index (χ0n) is 10.1. The molecule has 0 bridgehead atoms. The number of aliphatic hydroxyl groups excluding tert-OH is 1. The largest absolute Gasteiger partial charge is 0.387 e. The van der Waals surface area contributed by atoms with Crippen LogP contribution < -0.4 is 5.32 Å². The van der Waals surface area contributed by atoms with E-state index in [4.69, 9.17) is 0 Å². The van der Waals surface area contributed by atoms with Crippen molar-refractivity contribution in [3.05, 3.63) is 42.1 Å². The molecule has 0 amide bonds. The van der Waals surface area contributed by atoms with Crippen LogP contribution in [-0.2, 0) is 0 Å². The highest BCUT2D eigenvalue weighted by molar-refractivity contribution is 5.82. The molecule has 17 heavy (non-hydrogen) atoms. The van der Waals surface area contributed by atoms with Crippen molar-refractivity contribution >= 4 is 10.9 Å². The third kappa shape index (κ3) is 2.81. The molecular formula is C14H18N2O. The fourth-order valence-corrected chi connectivity index (χ4v) is 1.94. The van der Waals surface area contributed by atoms with Crippen molar-refractivity contribution in [2.24, 2.45) is 0 Å². The summed E-state index contributed by atoms with van der Waals surface area (Å²) in [6.45, 7) is 3.63. The molecule has 0 fully saturated rings. The van der Waals surface area contributed by atoms with Crippen molar-refractivity contribution in [1.82, 2.24) is 10.3 Å². The Kier molecular flexibility index (Phi) is 4.07. The highest BCUT2D eigenvalue weighted by Gasteiger charge is 2.10. The summed E-state index contributed by atoms with van der Waals surface area (Å²) in [7, 11) is 0. The number of hydrogen-bond donors (Lipinski definition) is 2. The van der Waals surface area contributed by atoms with E-state index in [1.165, 1.54) is 0 Å². The molecule has 1 aromatic heterocycles. The summed E-state index contributed by atoms with van der Waals surface area (Å²) in [4.78, 5) is 4.29. The summed E-state index contributed by atoms with van der Waals surface area (Å²) in [5, 5.41) is 14.4. The summed E-state index contributed by atoms with van der Waals surface area (Å²) < 4.78 is 0. The molecule has 1 aromatic carbocycles. The topological polar surface area (TPSA) is 45.1 Å². The van der Waals surface area contributed by atoms with Crippen LogP contribution >= 0.6 is 0 Å². The zero-order valence-corrected chi connectivity index (χ0v) is 10.1. The molecule has 3 nitrogen and oxygen atoms in total. The number of aliphatic hydroxyl groups is 1. The van der Waals surface area contributed by atoms with Crippen molar-refractivity contribution < 1.29 is 5.11 Å². The summed E-state index contributed by atoms with van der Waals surface area (Å²) in [5.41, 5.74) is 1.87. The van der Waals surface area contributed by atoms with Crippen LogP contribution in [-0.4, -0.2) is 23.2 Å². The van der Waals surface area contributed by atoms with Crippen molar-refractivity contribution in [1.29, 1.82) is 0 Å². The molecule has 0 aliphatic carbocycles. The highest BCUT2D eigenvalue weighted by Crippen LogP contribution is 2.22. The van der Waals surface area contributed by atoms with E-state index in [1.807, 2.05) is 30.3 Å². The Balaban J connectivity index is 2.22. The quantitative estimate of drug-likeness (QED) is 0.774. The third-order valence-electron chi connectivity index (χ3n) is 2.80. The fraction of sp³-hybridized carbons (Fsp3) is 0.357. The molecule has 0 saturated heterocycles. The van der Waals surface area contributed by atoms with Gasteiger partial charge >= 0.3 is 0 Å². The first kappa shape index (κ1) is 12.0. The molecule has 1 heterocycles. The Morgan fingerprint density at radius 3 is 3.00 bits per heavy atom. The molecule has 0 radical (unpaired) electrons. The van der Waals surface area contributed by atoms with E-state index in [-0.39, 0.29) is 0 Å². The third-order valence-corrected chi connectivity index (χ3v) is 2.80. The molecule has 0 aliphatic heterocycles. The molecule has 3 heteroatoms. The van der Waals surface area contributed by atoms with E-state index < -0.39 is 6.10 Å². The van der Waals surface area contributed by atoms with Crippen LogP contribution in [0.5, 0.6) is 0 Å². The van der Waals surface area contributed by atoms with Crippen LogP contribution in [0.15, 0.2) is 36.5 Å². The second-order valence-electron chi connectivity index (χ2n) is 4.14.